The minimum absolute atomic E-state index is 0. The Morgan fingerprint density at radius 3 is 1.51 bits per heavy atom. The van der Waals surface area contributed by atoms with Gasteiger partial charge in [-0.15, -0.1) is 5.56 Å². The van der Waals surface area contributed by atoms with Crippen LogP contribution in [0.2, 0.25) is 0 Å². The normalized spacial score (nSPS) is 11.4. The Hall–Kier alpha value is -4.60. The van der Waals surface area contributed by atoms with Gasteiger partial charge in [-0.2, -0.15) is 29.8 Å². The SMILES string of the molecule is C1=Cc2cc3ccc(cc4ccc(cc5nc(cc1n2)C=C5)[nH]4)[nH]3.[Cd].[Si].[c-]1cccc2c1Cc1ccccc1-2.c1ccccc1. The molecule has 212 valence electrons. The van der Waals surface area contributed by atoms with Crippen LogP contribution in [0.5, 0.6) is 0 Å². The van der Waals surface area contributed by atoms with E-state index in [1.54, 1.807) is 0 Å². The van der Waals surface area contributed by atoms with Gasteiger partial charge in [0.2, 0.25) is 0 Å². The van der Waals surface area contributed by atoms with E-state index in [2.05, 4.69) is 92.7 Å². The summed E-state index contributed by atoms with van der Waals surface area (Å²) < 4.78 is 0. The topological polar surface area (TPSA) is 57.4 Å². The molecule has 0 amide bonds. The number of nitrogens with zero attached hydrogens (tertiary/aromatic N) is 2. The van der Waals surface area contributed by atoms with Gasteiger partial charge in [0.15, 0.2) is 0 Å². The summed E-state index contributed by atoms with van der Waals surface area (Å²) >= 11 is 0. The summed E-state index contributed by atoms with van der Waals surface area (Å²) in [6.45, 7) is 0. The van der Waals surface area contributed by atoms with E-state index in [1.807, 2.05) is 85.0 Å². The van der Waals surface area contributed by atoms with E-state index in [9.17, 15) is 0 Å². The van der Waals surface area contributed by atoms with Gasteiger partial charge in [0, 0.05) is 60.3 Å². The zero-order chi connectivity index (χ0) is 28.8. The Balaban J connectivity index is 0.000000160. The molecule has 2 aliphatic heterocycles. The average molecular weight is 694 g/mol. The van der Waals surface area contributed by atoms with Crippen molar-refractivity contribution in [3.63, 3.8) is 0 Å². The fraction of sp³-hybridized carbons (Fsp3) is 0.0256. The molecule has 3 aliphatic rings. The third-order valence-electron chi connectivity index (χ3n) is 7.33. The molecular weight excluding hydrogens is 665 g/mol. The van der Waals surface area contributed by atoms with Crippen LogP contribution in [0.15, 0.2) is 127 Å². The van der Waals surface area contributed by atoms with Crippen LogP contribution in [-0.4, -0.2) is 30.9 Å². The number of fused-ring (bicyclic) bond motifs is 11. The largest absolute Gasteiger partial charge is 0.355 e. The van der Waals surface area contributed by atoms with E-state index in [-0.39, 0.29) is 38.3 Å². The summed E-state index contributed by atoms with van der Waals surface area (Å²) in [6, 6.07) is 46.5. The summed E-state index contributed by atoms with van der Waals surface area (Å²) in [4.78, 5) is 16.0. The number of rotatable bonds is 0. The van der Waals surface area contributed by atoms with Crippen LogP contribution in [0.25, 0.3) is 57.5 Å². The quantitative estimate of drug-likeness (QED) is 0.123. The maximum absolute atomic E-state index is 4.62. The van der Waals surface area contributed by atoms with Crippen LogP contribution >= 0.6 is 0 Å². The van der Waals surface area contributed by atoms with Crippen LogP contribution in [0.1, 0.15) is 33.9 Å². The van der Waals surface area contributed by atoms with Crippen molar-refractivity contribution in [1.29, 1.82) is 0 Å². The number of benzene rings is 3. The fourth-order valence-electron chi connectivity index (χ4n) is 5.33. The molecule has 2 N–H and O–H groups in total. The molecule has 0 spiro atoms. The summed E-state index contributed by atoms with van der Waals surface area (Å²) in [5.41, 5.74) is 13.4. The van der Waals surface area contributed by atoms with Crippen LogP contribution in [-0.2, 0) is 33.7 Å². The standard InChI is InChI=1S/C20H14N4.C13H9.C6H6.Cd.Si/c1-2-14-10-16-5-6-18(23-16)12-20-8-7-19(24-20)11-17-4-3-15(22-17)9-13(1)21-14;1-3-7-12-10(5-1)9-11-6-2-4-8-13(11)12;1-2-4-6-5-3-1;;/h1-12,21-22H;1-5,7-8H,9H2;1-6H;;/q;-1;;;. The van der Waals surface area contributed by atoms with Crippen molar-refractivity contribution in [2.75, 3.05) is 0 Å². The molecule has 4 radical (unpaired) electrons. The molecule has 3 aromatic heterocycles. The first-order chi connectivity index (χ1) is 21.2. The van der Waals surface area contributed by atoms with Gasteiger partial charge >= 0.3 is 0 Å². The van der Waals surface area contributed by atoms with Crippen molar-refractivity contribution in [1.82, 2.24) is 19.9 Å². The molecule has 3 aromatic carbocycles. The maximum Gasteiger partial charge on any atom is 0.0659 e. The number of aromatic amines is 2. The Bertz CT molecular complexity index is 1970. The molecule has 8 bridgehead atoms. The first-order valence-electron chi connectivity index (χ1n) is 14.4. The zero-order valence-corrected chi connectivity index (χ0v) is 29.8. The Morgan fingerprint density at radius 1 is 0.489 bits per heavy atom. The Morgan fingerprint density at radius 2 is 0.956 bits per heavy atom. The van der Waals surface area contributed by atoms with E-state index >= 15 is 0 Å². The fourth-order valence-corrected chi connectivity index (χ4v) is 5.33. The van der Waals surface area contributed by atoms with Crippen LogP contribution in [0.4, 0.5) is 0 Å². The predicted molar refractivity (Wildman–Crippen MR) is 185 cm³/mol. The van der Waals surface area contributed by atoms with Gasteiger partial charge in [-0.1, -0.05) is 71.8 Å². The molecule has 9 rings (SSSR count). The summed E-state index contributed by atoms with van der Waals surface area (Å²) in [6.07, 6.45) is 9.10. The smallest absolute Gasteiger partial charge is 0.0659 e. The molecule has 1 aliphatic carbocycles. The van der Waals surface area contributed by atoms with Crippen LogP contribution < -0.4 is 0 Å². The van der Waals surface area contributed by atoms with Crippen molar-refractivity contribution in [2.45, 2.75) is 6.42 Å². The van der Waals surface area contributed by atoms with Gasteiger partial charge in [0.05, 0.1) is 22.8 Å². The second-order valence-electron chi connectivity index (χ2n) is 10.5. The molecule has 45 heavy (non-hydrogen) atoms. The summed E-state index contributed by atoms with van der Waals surface area (Å²) in [5.74, 6) is 0. The minimum Gasteiger partial charge on any atom is -0.355 e. The van der Waals surface area contributed by atoms with E-state index in [1.165, 1.54) is 22.3 Å². The molecule has 0 saturated heterocycles. The van der Waals surface area contributed by atoms with E-state index < -0.39 is 0 Å². The molecule has 6 heteroatoms. The number of hydrogen-bond acceptors (Lipinski definition) is 2. The number of nitrogens with one attached hydrogen (secondary N) is 2. The molecule has 5 heterocycles. The van der Waals surface area contributed by atoms with Crippen LogP contribution in [0.3, 0.4) is 0 Å². The van der Waals surface area contributed by atoms with Crippen molar-refractivity contribution < 1.29 is 27.3 Å². The van der Waals surface area contributed by atoms with E-state index in [4.69, 9.17) is 0 Å². The summed E-state index contributed by atoms with van der Waals surface area (Å²) in [7, 11) is 0. The number of hydrogen-bond donors (Lipinski definition) is 2. The molecule has 0 unspecified atom stereocenters. The molecule has 0 fully saturated rings. The van der Waals surface area contributed by atoms with E-state index in [0.29, 0.717) is 0 Å². The molecule has 6 aromatic rings. The first kappa shape index (κ1) is 31.8. The molecule has 0 atom stereocenters. The summed E-state index contributed by atoms with van der Waals surface area (Å²) in [5, 5.41) is 0. The third kappa shape index (κ3) is 7.92. The second kappa shape index (κ2) is 14.9. The molecule has 0 saturated carbocycles. The predicted octanol–water partition coefficient (Wildman–Crippen LogP) is 9.02. The minimum atomic E-state index is 0. The van der Waals surface area contributed by atoms with Crippen molar-refractivity contribution in [3.05, 3.63) is 167 Å². The monoisotopic (exact) mass is 695 g/mol. The van der Waals surface area contributed by atoms with Gasteiger partial charge < -0.3 is 9.97 Å². The first-order valence-corrected chi connectivity index (χ1v) is 14.4. The van der Waals surface area contributed by atoms with Crippen molar-refractivity contribution in [2.24, 2.45) is 0 Å². The molecular formula is C39H29CdN4Si-. The average Bonchev–Trinajstić information content (AvgIpc) is 3.88. The molecule has 4 nitrogen and oxygen atoms in total. The van der Waals surface area contributed by atoms with Gasteiger partial charge in [0.25, 0.3) is 0 Å². The van der Waals surface area contributed by atoms with Crippen molar-refractivity contribution in [3.8, 4) is 11.1 Å². The van der Waals surface area contributed by atoms with Crippen molar-refractivity contribution >= 4 is 57.3 Å². The van der Waals surface area contributed by atoms with E-state index in [0.717, 1.165) is 51.3 Å². The maximum atomic E-state index is 4.62. The van der Waals surface area contributed by atoms with Gasteiger partial charge in [0.1, 0.15) is 0 Å². The van der Waals surface area contributed by atoms with Crippen LogP contribution in [0, 0.1) is 6.07 Å². The Kier molecular flexibility index (Phi) is 10.5. The van der Waals surface area contributed by atoms with Gasteiger partial charge in [-0.05, 0) is 79.3 Å². The van der Waals surface area contributed by atoms with Gasteiger partial charge in [-0.3, -0.25) is 0 Å². The third-order valence-corrected chi connectivity index (χ3v) is 7.33. The zero-order valence-electron chi connectivity index (χ0n) is 24.7. The second-order valence-corrected chi connectivity index (χ2v) is 10.5. The van der Waals surface area contributed by atoms with Gasteiger partial charge in [-0.25, -0.2) is 9.97 Å². The number of aromatic nitrogens is 4. The Labute approximate surface area is 287 Å². The number of H-pyrrole nitrogens is 2.